The molecule has 0 atom stereocenters. The summed E-state index contributed by atoms with van der Waals surface area (Å²) < 4.78 is 11.6. The number of nitrogens with one attached hydrogen (secondary N) is 1. The molecule has 0 saturated heterocycles. The van der Waals surface area contributed by atoms with Gasteiger partial charge in [0.1, 0.15) is 12.3 Å². The van der Waals surface area contributed by atoms with E-state index in [1.807, 2.05) is 0 Å². The number of nitrogens with zero attached hydrogens (tertiary/aromatic N) is 2. The Labute approximate surface area is 154 Å². The largest absolute Gasteiger partial charge is 0.495 e. The van der Waals surface area contributed by atoms with Crippen molar-refractivity contribution in [2.45, 2.75) is 6.54 Å². The third-order valence-corrected chi connectivity index (χ3v) is 4.00. The van der Waals surface area contributed by atoms with E-state index in [9.17, 15) is 14.4 Å². The number of oxazole rings is 1. The molecule has 8 nitrogen and oxygen atoms in total. The first-order valence-corrected chi connectivity index (χ1v) is 8.18. The lowest BCUT2D eigenvalue weighted by atomic mass is 10.1. The van der Waals surface area contributed by atoms with Crippen molar-refractivity contribution in [1.29, 1.82) is 0 Å². The van der Waals surface area contributed by atoms with Crippen molar-refractivity contribution in [2.24, 2.45) is 0 Å². The minimum absolute atomic E-state index is 0.204. The maximum Gasteiger partial charge on any atom is 0.420 e. The van der Waals surface area contributed by atoms with E-state index in [2.05, 4.69) is 5.32 Å². The zero-order valence-corrected chi connectivity index (χ0v) is 15.2. The van der Waals surface area contributed by atoms with E-state index in [1.54, 1.807) is 50.5 Å². The number of carbonyl (C=O) groups is 2. The van der Waals surface area contributed by atoms with Crippen LogP contribution in [0.1, 0.15) is 10.4 Å². The van der Waals surface area contributed by atoms with Crippen LogP contribution in [0.3, 0.4) is 0 Å². The third kappa shape index (κ3) is 3.69. The van der Waals surface area contributed by atoms with Gasteiger partial charge in [-0.1, -0.05) is 12.1 Å². The molecule has 0 aliphatic heterocycles. The van der Waals surface area contributed by atoms with Gasteiger partial charge in [0.05, 0.1) is 18.3 Å². The molecule has 0 aliphatic rings. The molecule has 0 spiro atoms. The summed E-state index contributed by atoms with van der Waals surface area (Å²) in [6.45, 7) is -0.231. The van der Waals surface area contributed by atoms with Crippen molar-refractivity contribution in [1.82, 2.24) is 9.47 Å². The number of amides is 2. The molecule has 140 valence electrons. The average molecular weight is 369 g/mol. The van der Waals surface area contributed by atoms with Gasteiger partial charge in [-0.3, -0.25) is 14.2 Å². The van der Waals surface area contributed by atoms with E-state index in [4.69, 9.17) is 9.15 Å². The van der Waals surface area contributed by atoms with Gasteiger partial charge >= 0.3 is 5.76 Å². The SMILES string of the molecule is COc1ccc(C(=O)N(C)C)cc1NC(=O)Cn1c(=O)oc2ccccc21. The number of hydrogen-bond acceptors (Lipinski definition) is 5. The molecule has 0 radical (unpaired) electrons. The van der Waals surface area contributed by atoms with Gasteiger partial charge < -0.3 is 19.4 Å². The Morgan fingerprint density at radius 1 is 1.19 bits per heavy atom. The van der Waals surface area contributed by atoms with Gasteiger partial charge in [0, 0.05) is 19.7 Å². The molecule has 27 heavy (non-hydrogen) atoms. The lowest BCUT2D eigenvalue weighted by molar-refractivity contribution is -0.116. The van der Waals surface area contributed by atoms with E-state index in [-0.39, 0.29) is 12.5 Å². The Morgan fingerprint density at radius 3 is 2.63 bits per heavy atom. The molecule has 2 aromatic carbocycles. The Balaban J connectivity index is 1.87. The normalized spacial score (nSPS) is 10.6. The Morgan fingerprint density at radius 2 is 1.93 bits per heavy atom. The highest BCUT2D eigenvalue weighted by Gasteiger charge is 2.16. The minimum Gasteiger partial charge on any atom is -0.495 e. The van der Waals surface area contributed by atoms with Crippen LogP contribution >= 0.6 is 0 Å². The molecular weight excluding hydrogens is 350 g/mol. The number of benzene rings is 2. The standard InChI is InChI=1S/C19H19N3O5/c1-21(2)18(24)12-8-9-15(26-3)13(10-12)20-17(23)11-22-14-6-4-5-7-16(14)27-19(22)25/h4-10H,11H2,1-3H3,(H,20,23). The lowest BCUT2D eigenvalue weighted by Gasteiger charge is -2.14. The predicted molar refractivity (Wildman–Crippen MR) is 100 cm³/mol. The lowest BCUT2D eigenvalue weighted by Crippen LogP contribution is -2.25. The van der Waals surface area contributed by atoms with Gasteiger partial charge in [0.25, 0.3) is 5.91 Å². The van der Waals surface area contributed by atoms with Crippen LogP contribution in [0.5, 0.6) is 5.75 Å². The van der Waals surface area contributed by atoms with Crippen molar-refractivity contribution < 1.29 is 18.7 Å². The van der Waals surface area contributed by atoms with E-state index in [1.165, 1.54) is 22.6 Å². The first kappa shape index (κ1) is 18.2. The number of hydrogen-bond donors (Lipinski definition) is 1. The van der Waals surface area contributed by atoms with Crippen molar-refractivity contribution in [3.63, 3.8) is 0 Å². The maximum absolute atomic E-state index is 12.5. The van der Waals surface area contributed by atoms with Crippen LogP contribution in [0.4, 0.5) is 5.69 Å². The summed E-state index contributed by atoms with van der Waals surface area (Å²) in [6.07, 6.45) is 0. The molecule has 1 N–H and O–H groups in total. The zero-order chi connectivity index (χ0) is 19.6. The number of aromatic nitrogens is 1. The van der Waals surface area contributed by atoms with E-state index < -0.39 is 11.7 Å². The average Bonchev–Trinajstić information content (AvgIpc) is 2.96. The monoisotopic (exact) mass is 369 g/mol. The topological polar surface area (TPSA) is 93.8 Å². The fourth-order valence-electron chi connectivity index (χ4n) is 2.69. The summed E-state index contributed by atoms with van der Waals surface area (Å²) >= 11 is 0. The van der Waals surface area contributed by atoms with Crippen LogP contribution in [0, 0.1) is 0 Å². The first-order valence-electron chi connectivity index (χ1n) is 8.18. The second kappa shape index (κ2) is 7.36. The van der Waals surface area contributed by atoms with Gasteiger partial charge in [-0.2, -0.15) is 0 Å². The molecule has 1 aromatic heterocycles. The molecule has 3 aromatic rings. The van der Waals surface area contributed by atoms with Gasteiger partial charge in [-0.15, -0.1) is 0 Å². The number of carbonyl (C=O) groups excluding carboxylic acids is 2. The number of methoxy groups -OCH3 is 1. The first-order chi connectivity index (χ1) is 12.9. The third-order valence-electron chi connectivity index (χ3n) is 4.00. The molecule has 0 bridgehead atoms. The summed E-state index contributed by atoms with van der Waals surface area (Å²) in [5.74, 6) is -0.862. The number of rotatable bonds is 5. The molecule has 0 fully saturated rings. The van der Waals surface area contributed by atoms with Crippen LogP contribution < -0.4 is 15.8 Å². The molecular formula is C19H19N3O5. The van der Waals surface area contributed by atoms with Gasteiger partial charge in [0.2, 0.25) is 5.91 Å². The van der Waals surface area contributed by atoms with E-state index in [0.29, 0.717) is 28.1 Å². The quantitative estimate of drug-likeness (QED) is 0.742. The molecule has 0 unspecified atom stereocenters. The van der Waals surface area contributed by atoms with Crippen molar-refractivity contribution in [3.05, 3.63) is 58.6 Å². The fourth-order valence-corrected chi connectivity index (χ4v) is 2.69. The number of anilines is 1. The van der Waals surface area contributed by atoms with E-state index in [0.717, 1.165) is 0 Å². The zero-order valence-electron chi connectivity index (χ0n) is 15.2. The summed E-state index contributed by atoms with van der Waals surface area (Å²) in [5.41, 5.74) is 1.69. The number of ether oxygens (including phenoxy) is 1. The number of para-hydroxylation sites is 2. The van der Waals surface area contributed by atoms with Crippen molar-refractivity contribution >= 4 is 28.6 Å². The molecule has 0 aliphatic carbocycles. The second-order valence-corrected chi connectivity index (χ2v) is 6.08. The van der Waals surface area contributed by atoms with Crippen molar-refractivity contribution in [2.75, 3.05) is 26.5 Å². The van der Waals surface area contributed by atoms with Gasteiger partial charge in [-0.05, 0) is 30.3 Å². The molecule has 8 heteroatoms. The highest BCUT2D eigenvalue weighted by atomic mass is 16.5. The van der Waals surface area contributed by atoms with Gasteiger partial charge in [-0.25, -0.2) is 4.79 Å². The highest BCUT2D eigenvalue weighted by Crippen LogP contribution is 2.26. The second-order valence-electron chi connectivity index (χ2n) is 6.08. The predicted octanol–water partition coefficient (Wildman–Crippen LogP) is 1.94. The maximum atomic E-state index is 12.5. The van der Waals surface area contributed by atoms with Crippen molar-refractivity contribution in [3.8, 4) is 5.75 Å². The number of fused-ring (bicyclic) bond motifs is 1. The summed E-state index contributed by atoms with van der Waals surface area (Å²) in [6, 6.07) is 11.6. The molecule has 2 amide bonds. The molecule has 0 saturated carbocycles. The van der Waals surface area contributed by atoms with Gasteiger partial charge in [0.15, 0.2) is 5.58 Å². The Bertz CT molecular complexity index is 1060. The molecule has 3 rings (SSSR count). The van der Waals surface area contributed by atoms with Crippen LogP contribution in [0.25, 0.3) is 11.1 Å². The van der Waals surface area contributed by atoms with Crippen LogP contribution in [0.2, 0.25) is 0 Å². The summed E-state index contributed by atoms with van der Waals surface area (Å²) in [5, 5.41) is 2.69. The van der Waals surface area contributed by atoms with Crippen LogP contribution in [-0.4, -0.2) is 42.5 Å². The minimum atomic E-state index is -0.616. The highest BCUT2D eigenvalue weighted by molar-refractivity contribution is 5.98. The Hall–Kier alpha value is -3.55. The van der Waals surface area contributed by atoms with E-state index >= 15 is 0 Å². The van der Waals surface area contributed by atoms with Crippen LogP contribution in [0.15, 0.2) is 51.7 Å². The molecule has 1 heterocycles. The smallest absolute Gasteiger partial charge is 0.420 e. The summed E-state index contributed by atoms with van der Waals surface area (Å²) in [7, 11) is 4.75. The fraction of sp³-hybridized carbons (Fsp3) is 0.211. The Kier molecular flexibility index (Phi) is 4.98. The van der Waals surface area contributed by atoms with Crippen LogP contribution in [-0.2, 0) is 11.3 Å². The summed E-state index contributed by atoms with van der Waals surface area (Å²) in [4.78, 5) is 38.1.